The first-order valence-electron chi connectivity index (χ1n) is 8.02. The number of halogens is 2. The van der Waals surface area contributed by atoms with E-state index in [2.05, 4.69) is 10.1 Å². The lowest BCUT2D eigenvalue weighted by Gasteiger charge is -2.20. The molecule has 1 saturated carbocycles. The highest BCUT2D eigenvalue weighted by atomic mass is 19.3. The molecule has 1 aliphatic rings. The first-order valence-corrected chi connectivity index (χ1v) is 8.02. The zero-order valence-corrected chi connectivity index (χ0v) is 13.5. The molecule has 136 valence electrons. The van der Waals surface area contributed by atoms with Crippen molar-refractivity contribution in [2.75, 3.05) is 6.61 Å². The van der Waals surface area contributed by atoms with Gasteiger partial charge in [0.25, 0.3) is 5.91 Å². The summed E-state index contributed by atoms with van der Waals surface area (Å²) in [5.41, 5.74) is -0.228. The molecule has 25 heavy (non-hydrogen) atoms. The number of alkyl halides is 2. The summed E-state index contributed by atoms with van der Waals surface area (Å²) >= 11 is 0. The Balaban J connectivity index is 1.85. The molecule has 0 saturated heterocycles. The summed E-state index contributed by atoms with van der Waals surface area (Å²) < 4.78 is 33.6. The Bertz CT molecular complexity index is 629. The van der Waals surface area contributed by atoms with Crippen LogP contribution in [-0.4, -0.2) is 31.0 Å². The van der Waals surface area contributed by atoms with Gasteiger partial charge in [-0.05, 0) is 25.0 Å². The average Bonchev–Trinajstić information content (AvgIpc) is 2.60. The Labute approximate surface area is 143 Å². The minimum atomic E-state index is -3.09. The molecule has 0 aliphatic heterocycles. The van der Waals surface area contributed by atoms with Crippen LogP contribution < -0.4 is 10.1 Å². The fourth-order valence-corrected chi connectivity index (χ4v) is 2.68. The van der Waals surface area contributed by atoms with Gasteiger partial charge in [-0.1, -0.05) is 31.4 Å². The van der Waals surface area contributed by atoms with Gasteiger partial charge in [-0.2, -0.15) is 8.78 Å². The van der Waals surface area contributed by atoms with Crippen molar-refractivity contribution in [2.24, 2.45) is 5.92 Å². The maximum atomic E-state index is 12.3. The zero-order valence-electron chi connectivity index (χ0n) is 13.5. The van der Waals surface area contributed by atoms with E-state index in [1.165, 1.54) is 24.3 Å². The summed E-state index contributed by atoms with van der Waals surface area (Å²) in [5.74, 6) is -2.66. The summed E-state index contributed by atoms with van der Waals surface area (Å²) in [4.78, 5) is 35.6. The highest BCUT2D eigenvalue weighted by Gasteiger charge is 2.23. The maximum Gasteiger partial charge on any atom is 0.387 e. The monoisotopic (exact) mass is 355 g/mol. The molecular weight excluding hydrogens is 336 g/mol. The summed E-state index contributed by atoms with van der Waals surface area (Å²) in [5, 5.41) is 2.20. The van der Waals surface area contributed by atoms with Gasteiger partial charge in [-0.25, -0.2) is 4.79 Å². The van der Waals surface area contributed by atoms with Crippen LogP contribution in [0.15, 0.2) is 24.3 Å². The third-order valence-corrected chi connectivity index (χ3v) is 3.90. The Hall–Kier alpha value is -2.51. The van der Waals surface area contributed by atoms with Crippen LogP contribution in [-0.2, 0) is 14.3 Å². The van der Waals surface area contributed by atoms with E-state index in [-0.39, 0.29) is 23.1 Å². The van der Waals surface area contributed by atoms with E-state index in [0.29, 0.717) is 0 Å². The number of hydrogen-bond donors (Lipinski definition) is 1. The lowest BCUT2D eigenvalue weighted by Crippen LogP contribution is -2.38. The smallest absolute Gasteiger partial charge is 0.387 e. The second-order valence-corrected chi connectivity index (χ2v) is 5.70. The van der Waals surface area contributed by atoms with Gasteiger partial charge in [0.1, 0.15) is 11.3 Å². The number of nitrogens with one attached hydrogen (secondary N) is 1. The normalized spacial score (nSPS) is 14.8. The second-order valence-electron chi connectivity index (χ2n) is 5.70. The highest BCUT2D eigenvalue weighted by Crippen LogP contribution is 2.23. The standard InChI is InChI=1S/C17H19F2NO5/c18-17(19)25-13-9-5-4-8-12(13)16(23)24-10-14(21)20-15(22)11-6-2-1-3-7-11/h4-5,8-9,11,17H,1-3,6-7,10H2,(H,20,21,22). The molecule has 1 aliphatic carbocycles. The van der Waals surface area contributed by atoms with Crippen LogP contribution in [0.4, 0.5) is 8.78 Å². The van der Waals surface area contributed by atoms with Crippen LogP contribution in [0.5, 0.6) is 5.75 Å². The first kappa shape index (κ1) is 18.8. The van der Waals surface area contributed by atoms with Crippen molar-refractivity contribution in [2.45, 2.75) is 38.7 Å². The Morgan fingerprint density at radius 1 is 1.12 bits per heavy atom. The molecule has 0 radical (unpaired) electrons. The third kappa shape index (κ3) is 5.81. The van der Waals surface area contributed by atoms with Gasteiger partial charge in [0.05, 0.1) is 0 Å². The third-order valence-electron chi connectivity index (χ3n) is 3.90. The fourth-order valence-electron chi connectivity index (χ4n) is 2.68. The quantitative estimate of drug-likeness (QED) is 0.794. The predicted octanol–water partition coefficient (Wildman–Crippen LogP) is 2.67. The zero-order chi connectivity index (χ0) is 18.2. The predicted molar refractivity (Wildman–Crippen MR) is 83.1 cm³/mol. The molecule has 8 heteroatoms. The molecule has 1 N–H and O–H groups in total. The van der Waals surface area contributed by atoms with E-state index >= 15 is 0 Å². The number of hydrogen-bond acceptors (Lipinski definition) is 5. The number of rotatable bonds is 6. The molecule has 0 bridgehead atoms. The van der Waals surface area contributed by atoms with Gasteiger partial charge in [0.2, 0.25) is 5.91 Å². The maximum absolute atomic E-state index is 12.3. The molecule has 1 aromatic carbocycles. The molecule has 0 heterocycles. The topological polar surface area (TPSA) is 81.7 Å². The first-order chi connectivity index (χ1) is 12.0. The van der Waals surface area contributed by atoms with Gasteiger partial charge in [-0.3, -0.25) is 14.9 Å². The molecule has 2 rings (SSSR count). The number of esters is 1. The fraction of sp³-hybridized carbons (Fsp3) is 0.471. The average molecular weight is 355 g/mol. The Morgan fingerprint density at radius 2 is 1.80 bits per heavy atom. The van der Waals surface area contributed by atoms with Gasteiger partial charge in [-0.15, -0.1) is 0 Å². The van der Waals surface area contributed by atoms with Gasteiger partial charge in [0.15, 0.2) is 6.61 Å². The molecule has 6 nitrogen and oxygen atoms in total. The Morgan fingerprint density at radius 3 is 2.48 bits per heavy atom. The Kier molecular flexibility index (Phi) is 6.85. The van der Waals surface area contributed by atoms with E-state index in [1.807, 2.05) is 0 Å². The lowest BCUT2D eigenvalue weighted by atomic mass is 9.89. The van der Waals surface area contributed by atoms with Gasteiger partial charge < -0.3 is 9.47 Å². The molecule has 0 spiro atoms. The van der Waals surface area contributed by atoms with E-state index in [1.54, 1.807) is 0 Å². The van der Waals surface area contributed by atoms with Gasteiger partial charge >= 0.3 is 12.6 Å². The van der Waals surface area contributed by atoms with Crippen LogP contribution in [0.1, 0.15) is 42.5 Å². The minimum absolute atomic E-state index is 0.200. The van der Waals surface area contributed by atoms with E-state index in [9.17, 15) is 23.2 Å². The summed E-state index contributed by atoms with van der Waals surface area (Å²) in [6.45, 7) is -3.77. The highest BCUT2D eigenvalue weighted by molar-refractivity contribution is 5.99. The van der Waals surface area contributed by atoms with Crippen LogP contribution in [0.3, 0.4) is 0 Å². The van der Waals surface area contributed by atoms with E-state index in [0.717, 1.165) is 32.1 Å². The number of para-hydroxylation sites is 1. The van der Waals surface area contributed by atoms with Crippen LogP contribution in [0, 0.1) is 5.92 Å². The van der Waals surface area contributed by atoms with Crippen molar-refractivity contribution < 1.29 is 32.6 Å². The van der Waals surface area contributed by atoms with Crippen LogP contribution in [0.2, 0.25) is 0 Å². The largest absolute Gasteiger partial charge is 0.452 e. The molecule has 1 aromatic rings. The van der Waals surface area contributed by atoms with Crippen LogP contribution >= 0.6 is 0 Å². The molecule has 0 unspecified atom stereocenters. The lowest BCUT2D eigenvalue weighted by molar-refractivity contribution is -0.135. The van der Waals surface area contributed by atoms with Crippen molar-refractivity contribution in [3.8, 4) is 5.75 Å². The number of imide groups is 1. The SMILES string of the molecule is O=C(COC(=O)c1ccccc1OC(F)F)NC(=O)C1CCCCC1. The van der Waals surface area contributed by atoms with Crippen molar-refractivity contribution in [1.82, 2.24) is 5.32 Å². The van der Waals surface area contributed by atoms with E-state index in [4.69, 9.17) is 4.74 Å². The van der Waals surface area contributed by atoms with Crippen LogP contribution in [0.25, 0.3) is 0 Å². The number of ether oxygens (including phenoxy) is 2. The van der Waals surface area contributed by atoms with Crippen molar-refractivity contribution in [3.63, 3.8) is 0 Å². The molecular formula is C17H19F2NO5. The minimum Gasteiger partial charge on any atom is -0.452 e. The summed E-state index contributed by atoms with van der Waals surface area (Å²) in [6.07, 6.45) is 4.44. The number of amides is 2. The van der Waals surface area contributed by atoms with E-state index < -0.39 is 25.1 Å². The number of carbonyl (C=O) groups is 3. The van der Waals surface area contributed by atoms with Crippen molar-refractivity contribution >= 4 is 17.8 Å². The molecule has 0 atom stereocenters. The molecule has 2 amide bonds. The second kappa shape index (κ2) is 9.10. The molecule has 0 aromatic heterocycles. The summed E-state index contributed by atoms with van der Waals surface area (Å²) in [6, 6.07) is 5.30. The molecule has 1 fully saturated rings. The van der Waals surface area contributed by atoms with Gasteiger partial charge in [0, 0.05) is 5.92 Å². The van der Waals surface area contributed by atoms with Crippen molar-refractivity contribution in [3.05, 3.63) is 29.8 Å². The summed E-state index contributed by atoms with van der Waals surface area (Å²) in [7, 11) is 0. The number of carbonyl (C=O) groups excluding carboxylic acids is 3. The number of benzene rings is 1. The van der Waals surface area contributed by atoms with Crippen molar-refractivity contribution in [1.29, 1.82) is 0 Å².